The van der Waals surface area contributed by atoms with Gasteiger partial charge in [-0.3, -0.25) is 4.90 Å². The minimum absolute atomic E-state index is 0.175. The summed E-state index contributed by atoms with van der Waals surface area (Å²) in [5.41, 5.74) is 5.05. The molecule has 2 N–H and O–H groups in total. The van der Waals surface area contributed by atoms with Gasteiger partial charge in [-0.05, 0) is 78.9 Å². The molecule has 0 saturated carbocycles. The van der Waals surface area contributed by atoms with Crippen LogP contribution in [0.3, 0.4) is 0 Å². The quantitative estimate of drug-likeness (QED) is 0.484. The molecule has 2 atom stereocenters. The smallest absolute Gasteiger partial charge is 0.150 e. The predicted octanol–water partition coefficient (Wildman–Crippen LogP) is 5.88. The van der Waals surface area contributed by atoms with E-state index >= 15 is 0 Å². The lowest BCUT2D eigenvalue weighted by atomic mass is 9.86. The first-order valence-corrected chi connectivity index (χ1v) is 11.9. The van der Waals surface area contributed by atoms with Crippen LogP contribution in [-0.4, -0.2) is 41.4 Å². The van der Waals surface area contributed by atoms with E-state index in [-0.39, 0.29) is 17.6 Å². The number of aromatic hydroxyl groups is 2. The Morgan fingerprint density at radius 3 is 2.41 bits per heavy atom. The Balaban J connectivity index is 1.39. The largest absolute Gasteiger partial charge is 0.508 e. The molecule has 3 aromatic rings. The number of rotatable bonds is 6. The number of benzene rings is 3. The zero-order valence-electron chi connectivity index (χ0n) is 19.7. The van der Waals surface area contributed by atoms with Gasteiger partial charge in [-0.15, -0.1) is 0 Å². The van der Waals surface area contributed by atoms with Crippen molar-refractivity contribution >= 4 is 11.1 Å². The summed E-state index contributed by atoms with van der Waals surface area (Å²) < 4.78 is 12.4. The van der Waals surface area contributed by atoms with E-state index in [1.165, 1.54) is 6.42 Å². The number of phenols is 2. The van der Waals surface area contributed by atoms with Gasteiger partial charge in [0.2, 0.25) is 0 Å². The van der Waals surface area contributed by atoms with E-state index < -0.39 is 0 Å². The zero-order valence-corrected chi connectivity index (χ0v) is 19.7. The SMILES string of the molecule is CC1=C(c2ccc(O)cc2)C(c2ccc(OCCN3CCC(C)C3)cc2)Oc2cc(O)ccc21. The van der Waals surface area contributed by atoms with Crippen LogP contribution in [0.5, 0.6) is 23.0 Å². The lowest BCUT2D eigenvalue weighted by Gasteiger charge is -2.31. The molecule has 2 aliphatic rings. The fourth-order valence-electron chi connectivity index (χ4n) is 4.95. The van der Waals surface area contributed by atoms with Crippen LogP contribution in [0.25, 0.3) is 11.1 Å². The van der Waals surface area contributed by atoms with E-state index in [0.29, 0.717) is 12.4 Å². The highest BCUT2D eigenvalue weighted by atomic mass is 16.5. The zero-order chi connectivity index (χ0) is 23.7. The van der Waals surface area contributed by atoms with Crippen LogP contribution >= 0.6 is 0 Å². The second-order valence-corrected chi connectivity index (χ2v) is 9.38. The number of nitrogens with zero attached hydrogens (tertiary/aromatic N) is 1. The lowest BCUT2D eigenvalue weighted by molar-refractivity contribution is 0.233. The van der Waals surface area contributed by atoms with Gasteiger partial charge in [-0.25, -0.2) is 0 Å². The van der Waals surface area contributed by atoms with Gasteiger partial charge in [0.15, 0.2) is 0 Å². The maximum Gasteiger partial charge on any atom is 0.150 e. The molecule has 2 heterocycles. The summed E-state index contributed by atoms with van der Waals surface area (Å²) in [7, 11) is 0. The van der Waals surface area contributed by atoms with Crippen molar-refractivity contribution in [3.8, 4) is 23.0 Å². The Labute approximate surface area is 200 Å². The molecule has 0 radical (unpaired) electrons. The van der Waals surface area contributed by atoms with Crippen LogP contribution in [-0.2, 0) is 0 Å². The van der Waals surface area contributed by atoms with Gasteiger partial charge in [0.1, 0.15) is 35.7 Å². The molecule has 5 nitrogen and oxygen atoms in total. The van der Waals surface area contributed by atoms with E-state index in [2.05, 4.69) is 18.7 Å². The number of ether oxygens (including phenoxy) is 2. The van der Waals surface area contributed by atoms with E-state index in [0.717, 1.165) is 59.1 Å². The van der Waals surface area contributed by atoms with E-state index in [1.54, 1.807) is 24.3 Å². The maximum atomic E-state index is 10.0. The molecule has 1 fully saturated rings. The van der Waals surface area contributed by atoms with Gasteiger partial charge in [-0.1, -0.05) is 31.2 Å². The minimum atomic E-state index is -0.348. The summed E-state index contributed by atoms with van der Waals surface area (Å²) in [5, 5.41) is 19.8. The van der Waals surface area contributed by atoms with Gasteiger partial charge >= 0.3 is 0 Å². The number of fused-ring (bicyclic) bond motifs is 1. The van der Waals surface area contributed by atoms with Crippen molar-refractivity contribution in [1.29, 1.82) is 0 Å². The summed E-state index contributed by atoms with van der Waals surface area (Å²) in [6, 6.07) is 20.5. The summed E-state index contributed by atoms with van der Waals surface area (Å²) in [6.07, 6.45) is 0.923. The monoisotopic (exact) mass is 457 g/mol. The average Bonchev–Trinajstić information content (AvgIpc) is 3.25. The highest BCUT2D eigenvalue weighted by Gasteiger charge is 2.29. The summed E-state index contributed by atoms with van der Waals surface area (Å²) in [5.74, 6) is 2.68. The van der Waals surface area contributed by atoms with Gasteiger partial charge in [0, 0.05) is 30.3 Å². The molecule has 5 heteroatoms. The third-order valence-electron chi connectivity index (χ3n) is 6.83. The molecule has 0 aliphatic carbocycles. The normalized spacial score (nSPS) is 20.2. The van der Waals surface area contributed by atoms with Crippen LogP contribution in [0, 0.1) is 5.92 Å². The topological polar surface area (TPSA) is 62.2 Å². The molecular formula is C29H31NO4. The van der Waals surface area contributed by atoms with Gasteiger partial charge in [-0.2, -0.15) is 0 Å². The lowest BCUT2D eigenvalue weighted by Crippen LogP contribution is -2.25. The Morgan fingerprint density at radius 1 is 0.971 bits per heavy atom. The van der Waals surface area contributed by atoms with Crippen LogP contribution in [0.15, 0.2) is 66.7 Å². The number of phenolic OH excluding ortho intramolecular Hbond substituents is 2. The molecule has 2 unspecified atom stereocenters. The Kier molecular flexibility index (Phi) is 6.20. The fourth-order valence-corrected chi connectivity index (χ4v) is 4.95. The van der Waals surface area contributed by atoms with Crippen LogP contribution in [0.4, 0.5) is 0 Å². The van der Waals surface area contributed by atoms with E-state index in [1.807, 2.05) is 42.5 Å². The van der Waals surface area contributed by atoms with Gasteiger partial charge in [0.25, 0.3) is 0 Å². The molecule has 176 valence electrons. The summed E-state index contributed by atoms with van der Waals surface area (Å²) in [4.78, 5) is 2.46. The molecule has 5 rings (SSSR count). The molecule has 0 spiro atoms. The second kappa shape index (κ2) is 9.43. The third-order valence-corrected chi connectivity index (χ3v) is 6.83. The van der Waals surface area contributed by atoms with Crippen LogP contribution in [0.1, 0.15) is 43.1 Å². The van der Waals surface area contributed by atoms with Crippen LogP contribution in [0.2, 0.25) is 0 Å². The van der Waals surface area contributed by atoms with Crippen molar-refractivity contribution in [2.75, 3.05) is 26.2 Å². The van der Waals surface area contributed by atoms with Gasteiger partial charge < -0.3 is 19.7 Å². The molecule has 3 aromatic carbocycles. The van der Waals surface area contributed by atoms with Crippen molar-refractivity contribution in [3.05, 3.63) is 83.4 Å². The molecular weight excluding hydrogens is 426 g/mol. The average molecular weight is 458 g/mol. The molecule has 0 amide bonds. The molecule has 0 aromatic heterocycles. The molecule has 1 saturated heterocycles. The van der Waals surface area contributed by atoms with Crippen molar-refractivity contribution in [2.24, 2.45) is 5.92 Å². The minimum Gasteiger partial charge on any atom is -0.508 e. The highest BCUT2D eigenvalue weighted by Crippen LogP contribution is 2.47. The second-order valence-electron chi connectivity index (χ2n) is 9.38. The number of hydrogen-bond donors (Lipinski definition) is 2. The summed E-state index contributed by atoms with van der Waals surface area (Å²) in [6.45, 7) is 8.32. The highest BCUT2D eigenvalue weighted by molar-refractivity contribution is 5.95. The van der Waals surface area contributed by atoms with Gasteiger partial charge in [0.05, 0.1) is 0 Å². The first kappa shape index (κ1) is 22.4. The Morgan fingerprint density at radius 2 is 1.71 bits per heavy atom. The van der Waals surface area contributed by atoms with E-state index in [4.69, 9.17) is 9.47 Å². The van der Waals surface area contributed by atoms with Crippen molar-refractivity contribution in [2.45, 2.75) is 26.4 Å². The number of hydrogen-bond acceptors (Lipinski definition) is 5. The Hall–Kier alpha value is -3.44. The third kappa shape index (κ3) is 4.62. The molecule has 2 aliphatic heterocycles. The van der Waals surface area contributed by atoms with Crippen molar-refractivity contribution in [1.82, 2.24) is 4.90 Å². The molecule has 34 heavy (non-hydrogen) atoms. The maximum absolute atomic E-state index is 10.0. The molecule has 0 bridgehead atoms. The van der Waals surface area contributed by atoms with Crippen molar-refractivity contribution in [3.63, 3.8) is 0 Å². The standard InChI is InChI=1S/C29H31NO4/c1-19-13-14-30(18-19)15-16-33-25-10-5-22(6-11-25)29-28(21-3-7-23(31)8-4-21)20(2)26-12-9-24(32)17-27(26)34-29/h3-12,17,19,29,31-32H,13-16,18H2,1-2H3. The summed E-state index contributed by atoms with van der Waals surface area (Å²) >= 11 is 0. The number of allylic oxidation sites excluding steroid dienone is 1. The fraction of sp³-hybridized carbons (Fsp3) is 0.310. The first-order valence-electron chi connectivity index (χ1n) is 11.9. The number of likely N-dealkylation sites (tertiary alicyclic amines) is 1. The first-order chi connectivity index (χ1) is 16.5. The van der Waals surface area contributed by atoms with Crippen molar-refractivity contribution < 1.29 is 19.7 Å². The Bertz CT molecular complexity index is 1180. The van der Waals surface area contributed by atoms with Crippen LogP contribution < -0.4 is 9.47 Å². The predicted molar refractivity (Wildman–Crippen MR) is 134 cm³/mol. The van der Waals surface area contributed by atoms with E-state index in [9.17, 15) is 10.2 Å².